The summed E-state index contributed by atoms with van der Waals surface area (Å²) in [4.78, 5) is 7.83. The lowest BCUT2D eigenvalue weighted by Crippen LogP contribution is -1.96. The molecular formula is C17H15N3O. The Balaban J connectivity index is 1.69. The van der Waals surface area contributed by atoms with Gasteiger partial charge >= 0.3 is 0 Å². The Morgan fingerprint density at radius 2 is 1.57 bits per heavy atom. The predicted molar refractivity (Wildman–Crippen MR) is 82.2 cm³/mol. The molecule has 0 saturated carbocycles. The van der Waals surface area contributed by atoms with Crippen LogP contribution in [0.2, 0.25) is 0 Å². The average Bonchev–Trinajstić information content (AvgIpc) is 2.50. The van der Waals surface area contributed by atoms with Crippen molar-refractivity contribution >= 4 is 5.95 Å². The van der Waals surface area contributed by atoms with Crippen molar-refractivity contribution in [2.75, 3.05) is 5.73 Å². The number of nitrogens with two attached hydrogens (primary N) is 1. The van der Waals surface area contributed by atoms with Crippen molar-refractivity contribution in [3.05, 3.63) is 78.0 Å². The minimum absolute atomic E-state index is 0.202. The van der Waals surface area contributed by atoms with Gasteiger partial charge in [-0.1, -0.05) is 42.5 Å². The molecule has 0 aliphatic carbocycles. The first-order chi connectivity index (χ1) is 10.3. The highest BCUT2D eigenvalue weighted by molar-refractivity contribution is 5.34. The van der Waals surface area contributed by atoms with Crippen LogP contribution in [-0.4, -0.2) is 9.97 Å². The summed E-state index contributed by atoms with van der Waals surface area (Å²) in [5, 5.41) is 0. The molecule has 4 nitrogen and oxygen atoms in total. The van der Waals surface area contributed by atoms with Gasteiger partial charge in [0.25, 0.3) is 0 Å². The van der Waals surface area contributed by atoms with Gasteiger partial charge in [0.05, 0.1) is 0 Å². The molecule has 0 aliphatic rings. The highest BCUT2D eigenvalue weighted by atomic mass is 16.5. The molecule has 0 atom stereocenters. The van der Waals surface area contributed by atoms with Crippen LogP contribution in [0.4, 0.5) is 5.95 Å². The number of anilines is 1. The van der Waals surface area contributed by atoms with Crippen molar-refractivity contribution in [2.24, 2.45) is 0 Å². The van der Waals surface area contributed by atoms with E-state index in [1.54, 1.807) is 12.3 Å². The van der Waals surface area contributed by atoms with Crippen LogP contribution in [0.5, 0.6) is 11.6 Å². The summed E-state index contributed by atoms with van der Waals surface area (Å²) < 4.78 is 5.63. The second-order valence-corrected chi connectivity index (χ2v) is 4.66. The van der Waals surface area contributed by atoms with Crippen molar-refractivity contribution in [1.29, 1.82) is 0 Å². The third-order valence-electron chi connectivity index (χ3n) is 3.05. The molecule has 0 fully saturated rings. The summed E-state index contributed by atoms with van der Waals surface area (Å²) in [5.74, 6) is 1.37. The van der Waals surface area contributed by atoms with E-state index in [0.29, 0.717) is 5.88 Å². The lowest BCUT2D eigenvalue weighted by molar-refractivity contribution is 0.462. The van der Waals surface area contributed by atoms with Gasteiger partial charge in [-0.2, -0.15) is 4.98 Å². The van der Waals surface area contributed by atoms with Gasteiger partial charge in [0, 0.05) is 12.3 Å². The molecule has 104 valence electrons. The Morgan fingerprint density at radius 1 is 0.857 bits per heavy atom. The number of benzene rings is 2. The molecule has 0 saturated heterocycles. The largest absolute Gasteiger partial charge is 0.439 e. The molecule has 2 aromatic carbocycles. The summed E-state index contributed by atoms with van der Waals surface area (Å²) in [6.07, 6.45) is 2.48. The molecule has 0 radical (unpaired) electrons. The third kappa shape index (κ3) is 3.57. The molecule has 4 heteroatoms. The van der Waals surface area contributed by atoms with E-state index in [2.05, 4.69) is 22.1 Å². The minimum Gasteiger partial charge on any atom is -0.439 e. The topological polar surface area (TPSA) is 61.0 Å². The molecule has 21 heavy (non-hydrogen) atoms. The van der Waals surface area contributed by atoms with Crippen LogP contribution in [0.25, 0.3) is 0 Å². The fourth-order valence-electron chi connectivity index (χ4n) is 2.04. The maximum Gasteiger partial charge on any atom is 0.224 e. The summed E-state index contributed by atoms with van der Waals surface area (Å²) in [5.41, 5.74) is 8.04. The smallest absolute Gasteiger partial charge is 0.224 e. The molecule has 0 bridgehead atoms. The second kappa shape index (κ2) is 6.05. The quantitative estimate of drug-likeness (QED) is 0.793. The van der Waals surface area contributed by atoms with Crippen LogP contribution in [-0.2, 0) is 6.42 Å². The van der Waals surface area contributed by atoms with E-state index < -0.39 is 0 Å². The maximum atomic E-state index is 5.63. The van der Waals surface area contributed by atoms with Crippen LogP contribution in [0.15, 0.2) is 66.9 Å². The van der Waals surface area contributed by atoms with Gasteiger partial charge in [0.2, 0.25) is 11.8 Å². The lowest BCUT2D eigenvalue weighted by Gasteiger charge is -2.06. The van der Waals surface area contributed by atoms with Crippen LogP contribution in [0, 0.1) is 0 Å². The monoisotopic (exact) mass is 277 g/mol. The Bertz CT molecular complexity index is 712. The van der Waals surface area contributed by atoms with Crippen molar-refractivity contribution < 1.29 is 4.74 Å². The number of aromatic nitrogens is 2. The fraction of sp³-hybridized carbons (Fsp3) is 0.0588. The van der Waals surface area contributed by atoms with Gasteiger partial charge < -0.3 is 10.5 Å². The number of nitrogens with zero attached hydrogens (tertiary/aromatic N) is 2. The summed E-state index contributed by atoms with van der Waals surface area (Å²) in [6.45, 7) is 0. The van der Waals surface area contributed by atoms with Crippen LogP contribution in [0.3, 0.4) is 0 Å². The van der Waals surface area contributed by atoms with Gasteiger partial charge in [-0.15, -0.1) is 0 Å². The number of hydrogen-bond donors (Lipinski definition) is 1. The van der Waals surface area contributed by atoms with Gasteiger partial charge in [0.1, 0.15) is 5.75 Å². The van der Waals surface area contributed by atoms with Crippen LogP contribution < -0.4 is 10.5 Å². The van der Waals surface area contributed by atoms with Crippen molar-refractivity contribution in [1.82, 2.24) is 9.97 Å². The molecule has 3 aromatic rings. The molecule has 0 spiro atoms. The highest BCUT2D eigenvalue weighted by Gasteiger charge is 2.01. The zero-order chi connectivity index (χ0) is 14.5. The standard InChI is InChI=1S/C17H15N3O/c18-17-19-11-10-16(20-17)21-15-8-6-14(7-9-15)12-13-4-2-1-3-5-13/h1-11H,12H2,(H2,18,19,20). The number of rotatable bonds is 4. The zero-order valence-electron chi connectivity index (χ0n) is 11.4. The Hall–Kier alpha value is -2.88. The first-order valence-electron chi connectivity index (χ1n) is 6.69. The summed E-state index contributed by atoms with van der Waals surface area (Å²) >= 11 is 0. The Kier molecular flexibility index (Phi) is 3.78. The first-order valence-corrected chi connectivity index (χ1v) is 6.69. The summed E-state index contributed by atoms with van der Waals surface area (Å²) in [7, 11) is 0. The van der Waals surface area contributed by atoms with Crippen molar-refractivity contribution in [3.8, 4) is 11.6 Å². The lowest BCUT2D eigenvalue weighted by atomic mass is 10.1. The summed E-state index contributed by atoms with van der Waals surface area (Å²) in [6, 6.07) is 20.0. The number of ether oxygens (including phenoxy) is 1. The molecule has 0 aliphatic heterocycles. The van der Waals surface area contributed by atoms with Gasteiger partial charge in [-0.05, 0) is 29.7 Å². The molecule has 1 aromatic heterocycles. The number of nitrogen functional groups attached to an aromatic ring is 1. The van der Waals surface area contributed by atoms with Gasteiger partial charge in [0.15, 0.2) is 0 Å². The fourth-order valence-corrected chi connectivity index (χ4v) is 2.04. The first kappa shape index (κ1) is 13.1. The normalized spacial score (nSPS) is 10.3. The van der Waals surface area contributed by atoms with Gasteiger partial charge in [-0.25, -0.2) is 4.98 Å². The van der Waals surface area contributed by atoms with E-state index in [0.717, 1.165) is 12.2 Å². The van der Waals surface area contributed by atoms with Crippen molar-refractivity contribution in [3.63, 3.8) is 0 Å². The third-order valence-corrected chi connectivity index (χ3v) is 3.05. The number of hydrogen-bond acceptors (Lipinski definition) is 4. The highest BCUT2D eigenvalue weighted by Crippen LogP contribution is 2.20. The zero-order valence-corrected chi connectivity index (χ0v) is 11.4. The molecule has 1 heterocycles. The van der Waals surface area contributed by atoms with Crippen LogP contribution in [0.1, 0.15) is 11.1 Å². The van der Waals surface area contributed by atoms with Gasteiger partial charge in [-0.3, -0.25) is 0 Å². The van der Waals surface area contributed by atoms with Crippen molar-refractivity contribution in [2.45, 2.75) is 6.42 Å². The van der Waals surface area contributed by atoms with E-state index in [9.17, 15) is 0 Å². The Morgan fingerprint density at radius 3 is 2.29 bits per heavy atom. The molecular weight excluding hydrogens is 262 g/mol. The van der Waals surface area contributed by atoms with E-state index in [-0.39, 0.29) is 5.95 Å². The minimum atomic E-state index is 0.202. The predicted octanol–water partition coefficient (Wildman–Crippen LogP) is 3.44. The van der Waals surface area contributed by atoms with E-state index in [1.807, 2.05) is 42.5 Å². The molecule has 0 amide bonds. The SMILES string of the molecule is Nc1nccc(Oc2ccc(Cc3ccccc3)cc2)n1. The molecule has 0 unspecified atom stereocenters. The second-order valence-electron chi connectivity index (χ2n) is 4.66. The average molecular weight is 277 g/mol. The van der Waals surface area contributed by atoms with E-state index >= 15 is 0 Å². The maximum absolute atomic E-state index is 5.63. The van der Waals surface area contributed by atoms with E-state index in [1.165, 1.54) is 11.1 Å². The Labute approximate surface area is 123 Å². The van der Waals surface area contributed by atoms with E-state index in [4.69, 9.17) is 10.5 Å². The van der Waals surface area contributed by atoms with Crippen LogP contribution >= 0.6 is 0 Å². The molecule has 2 N–H and O–H groups in total. The molecule has 3 rings (SSSR count).